The standard InChI is InChI=1S/C17H14F4N2O2/c18-12-3-1-10(2-4-12)11-7-8-23(9-11)16(25)13-5-6-14(17(19,20)21)22-15(13)24/h1-6,11H,7-9H2,(H,22,24). The molecular weight excluding hydrogens is 340 g/mol. The van der Waals surface area contributed by atoms with Crippen LogP contribution in [0.5, 0.6) is 0 Å². The molecule has 4 nitrogen and oxygen atoms in total. The van der Waals surface area contributed by atoms with E-state index < -0.39 is 23.3 Å². The number of alkyl halides is 3. The molecule has 1 aromatic heterocycles. The number of aromatic nitrogens is 1. The first-order valence-electron chi connectivity index (χ1n) is 7.61. The summed E-state index contributed by atoms with van der Waals surface area (Å²) < 4.78 is 50.7. The Labute approximate surface area is 140 Å². The maximum absolute atomic E-state index is 13.0. The highest BCUT2D eigenvalue weighted by molar-refractivity contribution is 5.94. The lowest BCUT2D eigenvalue weighted by Crippen LogP contribution is -2.33. The summed E-state index contributed by atoms with van der Waals surface area (Å²) in [6, 6.07) is 7.52. The molecular formula is C17H14F4N2O2. The van der Waals surface area contributed by atoms with Crippen molar-refractivity contribution in [3.63, 3.8) is 0 Å². The fraction of sp³-hybridized carbons (Fsp3) is 0.294. The molecule has 2 aromatic rings. The van der Waals surface area contributed by atoms with Gasteiger partial charge in [-0.3, -0.25) is 9.59 Å². The van der Waals surface area contributed by atoms with E-state index >= 15 is 0 Å². The number of nitrogens with zero attached hydrogens (tertiary/aromatic N) is 1. The van der Waals surface area contributed by atoms with Crippen LogP contribution in [0.4, 0.5) is 17.6 Å². The van der Waals surface area contributed by atoms with Crippen LogP contribution in [0.15, 0.2) is 41.2 Å². The lowest BCUT2D eigenvalue weighted by Gasteiger charge is -2.17. The predicted octanol–water partition coefficient (Wildman–Crippen LogP) is 3.16. The number of pyridine rings is 1. The van der Waals surface area contributed by atoms with Crippen LogP contribution in [0.2, 0.25) is 0 Å². The number of hydrogen-bond acceptors (Lipinski definition) is 2. The minimum atomic E-state index is -4.68. The van der Waals surface area contributed by atoms with Crippen molar-refractivity contribution in [2.75, 3.05) is 13.1 Å². The Kier molecular flexibility index (Phi) is 4.36. The largest absolute Gasteiger partial charge is 0.431 e. The maximum atomic E-state index is 13.0. The van der Waals surface area contributed by atoms with Crippen molar-refractivity contribution in [3.8, 4) is 0 Å². The fourth-order valence-corrected chi connectivity index (χ4v) is 2.93. The molecule has 1 atom stereocenters. The number of hydrogen-bond donors (Lipinski definition) is 1. The van der Waals surface area contributed by atoms with Gasteiger partial charge in [0.1, 0.15) is 17.1 Å². The Morgan fingerprint density at radius 2 is 1.80 bits per heavy atom. The summed E-state index contributed by atoms with van der Waals surface area (Å²) in [6.45, 7) is 0.701. The molecule has 25 heavy (non-hydrogen) atoms. The summed E-state index contributed by atoms with van der Waals surface area (Å²) in [5.41, 5.74) is -1.71. The molecule has 0 aliphatic carbocycles. The quantitative estimate of drug-likeness (QED) is 0.843. The van der Waals surface area contributed by atoms with Gasteiger partial charge >= 0.3 is 6.18 Å². The minimum absolute atomic E-state index is 0.00178. The van der Waals surface area contributed by atoms with Gasteiger partial charge < -0.3 is 9.88 Å². The van der Waals surface area contributed by atoms with E-state index in [2.05, 4.69) is 0 Å². The fourth-order valence-electron chi connectivity index (χ4n) is 2.93. The smallest absolute Gasteiger partial charge is 0.338 e. The Balaban J connectivity index is 1.76. The van der Waals surface area contributed by atoms with Crippen LogP contribution in [0.1, 0.15) is 34.0 Å². The summed E-state index contributed by atoms with van der Waals surface area (Å²) in [5.74, 6) is -0.969. The molecule has 1 amide bonds. The molecule has 8 heteroatoms. The highest BCUT2D eigenvalue weighted by Gasteiger charge is 2.33. The van der Waals surface area contributed by atoms with Crippen molar-refractivity contribution in [2.45, 2.75) is 18.5 Å². The minimum Gasteiger partial charge on any atom is -0.338 e. The first-order chi connectivity index (χ1) is 11.8. The van der Waals surface area contributed by atoms with E-state index in [9.17, 15) is 27.2 Å². The average Bonchev–Trinajstić information content (AvgIpc) is 3.04. The van der Waals surface area contributed by atoms with Gasteiger partial charge in [-0.05, 0) is 36.2 Å². The van der Waals surface area contributed by atoms with E-state index in [1.807, 2.05) is 0 Å². The van der Waals surface area contributed by atoms with Crippen molar-refractivity contribution in [1.82, 2.24) is 9.88 Å². The zero-order valence-corrected chi connectivity index (χ0v) is 12.9. The predicted molar refractivity (Wildman–Crippen MR) is 81.7 cm³/mol. The number of amides is 1. The van der Waals surface area contributed by atoms with Gasteiger partial charge in [-0.2, -0.15) is 13.2 Å². The summed E-state index contributed by atoms with van der Waals surface area (Å²) in [4.78, 5) is 27.4. The van der Waals surface area contributed by atoms with Gasteiger partial charge in [0.05, 0.1) is 0 Å². The third kappa shape index (κ3) is 3.57. The Morgan fingerprint density at radius 3 is 2.40 bits per heavy atom. The average molecular weight is 354 g/mol. The number of carbonyl (C=O) groups excluding carboxylic acids is 1. The van der Waals surface area contributed by atoms with Crippen molar-refractivity contribution in [1.29, 1.82) is 0 Å². The molecule has 2 heterocycles. The molecule has 1 saturated heterocycles. The molecule has 132 valence electrons. The molecule has 1 fully saturated rings. The number of carbonyl (C=O) groups is 1. The van der Waals surface area contributed by atoms with Gasteiger partial charge in [0.15, 0.2) is 0 Å². The molecule has 1 aliphatic rings. The maximum Gasteiger partial charge on any atom is 0.431 e. The lowest BCUT2D eigenvalue weighted by molar-refractivity contribution is -0.141. The van der Waals surface area contributed by atoms with Crippen molar-refractivity contribution in [2.24, 2.45) is 0 Å². The summed E-state index contributed by atoms with van der Waals surface area (Å²) >= 11 is 0. The monoisotopic (exact) mass is 354 g/mol. The van der Waals surface area contributed by atoms with E-state index in [1.165, 1.54) is 17.0 Å². The summed E-state index contributed by atoms with van der Waals surface area (Å²) in [5, 5.41) is 0. The first-order valence-corrected chi connectivity index (χ1v) is 7.61. The number of nitrogens with one attached hydrogen (secondary N) is 1. The molecule has 0 bridgehead atoms. The van der Waals surface area contributed by atoms with Gasteiger partial charge in [0, 0.05) is 19.0 Å². The Hall–Kier alpha value is -2.64. The van der Waals surface area contributed by atoms with Gasteiger partial charge in [-0.25, -0.2) is 4.39 Å². The SMILES string of the molecule is O=C(c1ccc(C(F)(F)F)[nH]c1=O)N1CCC(c2ccc(F)cc2)C1. The normalized spacial score (nSPS) is 17.8. The Morgan fingerprint density at radius 1 is 1.12 bits per heavy atom. The molecule has 1 unspecified atom stereocenters. The highest BCUT2D eigenvalue weighted by atomic mass is 19.4. The number of rotatable bonds is 2. The number of benzene rings is 1. The third-order valence-corrected chi connectivity index (χ3v) is 4.26. The van der Waals surface area contributed by atoms with Gasteiger partial charge in [-0.1, -0.05) is 12.1 Å². The number of halogens is 4. The van der Waals surface area contributed by atoms with Crippen LogP contribution >= 0.6 is 0 Å². The van der Waals surface area contributed by atoms with E-state index in [0.717, 1.165) is 11.6 Å². The van der Waals surface area contributed by atoms with Gasteiger partial charge in [0.25, 0.3) is 11.5 Å². The van der Waals surface area contributed by atoms with Crippen molar-refractivity contribution >= 4 is 5.91 Å². The third-order valence-electron chi connectivity index (χ3n) is 4.26. The molecule has 0 radical (unpaired) electrons. The van der Waals surface area contributed by atoms with Crippen LogP contribution < -0.4 is 5.56 Å². The number of aromatic amines is 1. The molecule has 1 aromatic carbocycles. The topological polar surface area (TPSA) is 53.2 Å². The Bertz CT molecular complexity index is 843. The highest BCUT2D eigenvalue weighted by Crippen LogP contribution is 2.29. The van der Waals surface area contributed by atoms with E-state index in [1.54, 1.807) is 17.1 Å². The first kappa shape index (κ1) is 17.2. The van der Waals surface area contributed by atoms with Crippen LogP contribution in [0.3, 0.4) is 0 Å². The van der Waals surface area contributed by atoms with Crippen molar-refractivity contribution in [3.05, 3.63) is 69.4 Å². The van der Waals surface area contributed by atoms with Crippen LogP contribution in [-0.2, 0) is 6.18 Å². The molecule has 1 aliphatic heterocycles. The molecule has 3 rings (SSSR count). The van der Waals surface area contributed by atoms with Crippen molar-refractivity contribution < 1.29 is 22.4 Å². The summed E-state index contributed by atoms with van der Waals surface area (Å²) in [6.07, 6.45) is -4.04. The molecule has 0 spiro atoms. The summed E-state index contributed by atoms with van der Waals surface area (Å²) in [7, 11) is 0. The lowest BCUT2D eigenvalue weighted by atomic mass is 9.99. The second kappa shape index (κ2) is 6.34. The number of H-pyrrole nitrogens is 1. The van der Waals surface area contributed by atoms with Crippen LogP contribution in [-0.4, -0.2) is 28.9 Å². The van der Waals surface area contributed by atoms with E-state index in [4.69, 9.17) is 0 Å². The van der Waals surface area contributed by atoms with Gasteiger partial charge in [0.2, 0.25) is 0 Å². The second-order valence-electron chi connectivity index (χ2n) is 5.90. The zero-order chi connectivity index (χ0) is 18.2. The van der Waals surface area contributed by atoms with Gasteiger partial charge in [-0.15, -0.1) is 0 Å². The molecule has 0 saturated carbocycles. The number of likely N-dealkylation sites (tertiary alicyclic amines) is 1. The zero-order valence-electron chi connectivity index (χ0n) is 12.9. The van der Waals surface area contributed by atoms with Crippen LogP contribution in [0, 0.1) is 5.82 Å². The molecule has 1 N–H and O–H groups in total. The van der Waals surface area contributed by atoms with E-state index in [0.29, 0.717) is 25.6 Å². The second-order valence-corrected chi connectivity index (χ2v) is 5.90. The van der Waals surface area contributed by atoms with E-state index in [-0.39, 0.29) is 17.3 Å². The van der Waals surface area contributed by atoms with Crippen LogP contribution in [0.25, 0.3) is 0 Å².